The van der Waals surface area contributed by atoms with Gasteiger partial charge in [-0.05, 0) is 78.9 Å². The van der Waals surface area contributed by atoms with Crippen LogP contribution in [-0.4, -0.2) is 106 Å². The number of nitrogens with zero attached hydrogens (tertiary/aromatic N) is 11. The maximum atomic E-state index is 13.0. The molecule has 39 heteroatoms. The number of hydrogen-bond donors (Lipinski definition) is 10. The highest BCUT2D eigenvalue weighted by Gasteiger charge is 2.30. The SMILES string of the molecule is Nc1c(N=Nc2ccc3c(O)c(N=Nc4ccc(N=Nc5c(C(=O)O)nn(-c6ccc(S(=O)(=O)O)cc6)c5O)c(S(=O)(=O)O)c4)c(S(=O)(=O)O)cc3c2S(=O)(=O)O)cc(S(=O)(=O)O)c2ccc(N=Nc3ccccc3[N+](=O)[O-])c(O)c12. The number of aromatic hydroxyl groups is 3. The van der Waals surface area contributed by atoms with Crippen molar-refractivity contribution in [2.24, 2.45) is 40.9 Å². The van der Waals surface area contributed by atoms with Crippen LogP contribution in [0.15, 0.2) is 169 Å². The lowest BCUT2D eigenvalue weighted by Gasteiger charge is -2.13. The Morgan fingerprint density at radius 2 is 1.09 bits per heavy atom. The lowest BCUT2D eigenvalue weighted by Crippen LogP contribution is -2.03. The highest BCUT2D eigenvalue weighted by atomic mass is 32.2. The predicted octanol–water partition coefficient (Wildman–Crippen LogP) is 8.38. The number of phenolic OH excluding ortho intramolecular Hbond substituents is 2. The van der Waals surface area contributed by atoms with E-state index >= 15 is 0 Å². The van der Waals surface area contributed by atoms with E-state index in [1.165, 1.54) is 18.2 Å². The number of hydrogen-bond acceptors (Lipinski definition) is 26. The Morgan fingerprint density at radius 1 is 0.531 bits per heavy atom. The summed E-state index contributed by atoms with van der Waals surface area (Å²) in [5.41, 5.74) is -1.90. The normalized spacial score (nSPS) is 13.0. The third-order valence-corrected chi connectivity index (χ3v) is 15.4. The number of phenols is 2. The summed E-state index contributed by atoms with van der Waals surface area (Å²) < 4.78 is 176. The molecule has 7 aromatic carbocycles. The molecule has 81 heavy (non-hydrogen) atoms. The lowest BCUT2D eigenvalue weighted by molar-refractivity contribution is -0.384. The van der Waals surface area contributed by atoms with Crippen LogP contribution in [0.5, 0.6) is 17.4 Å². The van der Waals surface area contributed by atoms with Gasteiger partial charge in [0.15, 0.2) is 22.9 Å². The monoisotopic (exact) mass is 1210 g/mol. The van der Waals surface area contributed by atoms with E-state index in [4.69, 9.17) is 5.73 Å². The number of carboxylic acid groups (broad SMARTS) is 1. The summed E-state index contributed by atoms with van der Waals surface area (Å²) in [6, 6.07) is 15.5. The smallest absolute Gasteiger partial charge is 0.358 e. The van der Waals surface area contributed by atoms with Gasteiger partial charge in [-0.25, -0.2) is 4.79 Å². The molecule has 0 saturated carbocycles. The molecule has 34 nitrogen and oxygen atoms in total. The summed E-state index contributed by atoms with van der Waals surface area (Å²) in [6.07, 6.45) is 0. The van der Waals surface area contributed by atoms with Crippen molar-refractivity contribution >= 4 is 135 Å². The van der Waals surface area contributed by atoms with Gasteiger partial charge in [-0.2, -0.15) is 57.0 Å². The Bertz CT molecular complexity index is 4780. The van der Waals surface area contributed by atoms with Crippen molar-refractivity contribution in [3.63, 3.8) is 0 Å². The van der Waals surface area contributed by atoms with Crippen LogP contribution in [-0.2, 0) is 50.6 Å². The topological polar surface area (TPSA) is 556 Å². The van der Waals surface area contributed by atoms with Crippen molar-refractivity contribution in [1.29, 1.82) is 0 Å². The number of anilines is 1. The first kappa shape index (κ1) is 57.5. The molecule has 0 aliphatic rings. The zero-order valence-electron chi connectivity index (χ0n) is 39.2. The Labute approximate surface area is 450 Å². The fraction of sp³-hybridized carbons (Fsp3) is 0. The van der Waals surface area contributed by atoms with E-state index in [-0.39, 0.29) is 11.4 Å². The Morgan fingerprint density at radius 3 is 1.69 bits per heavy atom. The van der Waals surface area contributed by atoms with Crippen LogP contribution < -0.4 is 5.73 Å². The summed E-state index contributed by atoms with van der Waals surface area (Å²) >= 11 is 0. The van der Waals surface area contributed by atoms with Gasteiger partial charge in [0.2, 0.25) is 11.6 Å². The number of fused-ring (bicyclic) bond motifs is 2. The minimum Gasteiger partial charge on any atom is -0.505 e. The molecule has 0 spiro atoms. The van der Waals surface area contributed by atoms with E-state index in [1.54, 1.807) is 0 Å². The number of carbonyl (C=O) groups is 1. The number of aromatic carboxylic acids is 1. The average Bonchev–Trinajstić information content (AvgIpc) is 3.76. The largest absolute Gasteiger partial charge is 0.505 e. The van der Waals surface area contributed by atoms with Crippen LogP contribution in [0.1, 0.15) is 10.5 Å². The van der Waals surface area contributed by atoms with Gasteiger partial charge in [0.25, 0.3) is 56.3 Å². The van der Waals surface area contributed by atoms with E-state index < -0.39 is 182 Å². The van der Waals surface area contributed by atoms with Crippen LogP contribution in [0.2, 0.25) is 0 Å². The highest BCUT2D eigenvalue weighted by molar-refractivity contribution is 7.87. The highest BCUT2D eigenvalue weighted by Crippen LogP contribution is 2.48. The molecule has 418 valence electrons. The lowest BCUT2D eigenvalue weighted by atomic mass is 10.1. The third kappa shape index (κ3) is 11.6. The summed E-state index contributed by atoms with van der Waals surface area (Å²) in [4.78, 5) is 17.2. The van der Waals surface area contributed by atoms with Gasteiger partial charge in [0, 0.05) is 22.2 Å². The van der Waals surface area contributed by atoms with Crippen molar-refractivity contribution in [3.05, 3.63) is 119 Å². The molecule has 0 bridgehead atoms. The quantitative estimate of drug-likeness (QED) is 0.0143. The second kappa shape index (κ2) is 20.8. The van der Waals surface area contributed by atoms with E-state index in [2.05, 4.69) is 46.0 Å². The van der Waals surface area contributed by atoms with Crippen molar-refractivity contribution in [2.75, 3.05) is 5.73 Å². The van der Waals surface area contributed by atoms with Crippen LogP contribution in [0, 0.1) is 10.1 Å². The summed E-state index contributed by atoms with van der Waals surface area (Å²) in [6.45, 7) is 0. The number of benzene rings is 7. The molecule has 1 aromatic heterocycles. The summed E-state index contributed by atoms with van der Waals surface area (Å²) in [7, 11) is -26.6. The van der Waals surface area contributed by atoms with Gasteiger partial charge in [-0.15, -0.1) is 35.8 Å². The number of azo groups is 4. The number of rotatable bonds is 16. The van der Waals surface area contributed by atoms with E-state index in [0.29, 0.717) is 22.9 Å². The van der Waals surface area contributed by atoms with E-state index in [1.807, 2.05) is 0 Å². The molecular weight excluding hydrogens is 1180 g/mol. The molecule has 0 aliphatic carbocycles. The first-order valence-corrected chi connectivity index (χ1v) is 28.3. The fourth-order valence-corrected chi connectivity index (χ4v) is 10.7. The molecule has 0 radical (unpaired) electrons. The van der Waals surface area contributed by atoms with Gasteiger partial charge >= 0.3 is 5.97 Å². The number of aromatic nitrogens is 2. The van der Waals surface area contributed by atoms with Gasteiger partial charge in [-0.1, -0.05) is 18.2 Å². The number of nitrogens with two attached hydrogens (primary N) is 1. The number of carboxylic acids is 1. The maximum Gasteiger partial charge on any atom is 0.358 e. The van der Waals surface area contributed by atoms with E-state index in [0.717, 1.165) is 66.7 Å². The molecule has 11 N–H and O–H groups in total. The van der Waals surface area contributed by atoms with E-state index in [9.17, 15) is 100 Å². The van der Waals surface area contributed by atoms with Crippen LogP contribution in [0.25, 0.3) is 27.2 Å². The summed E-state index contributed by atoms with van der Waals surface area (Å²) in [5.74, 6) is -5.09. The zero-order valence-corrected chi connectivity index (χ0v) is 43.3. The van der Waals surface area contributed by atoms with Crippen molar-refractivity contribution < 1.29 is 95.0 Å². The van der Waals surface area contributed by atoms with Crippen molar-refractivity contribution in [3.8, 4) is 23.1 Å². The number of para-hydroxylation sites is 1. The second-order valence-electron chi connectivity index (χ2n) is 16.0. The number of nitrogen functional groups attached to an aromatic ring is 1. The molecule has 0 saturated heterocycles. The predicted molar refractivity (Wildman–Crippen MR) is 273 cm³/mol. The van der Waals surface area contributed by atoms with Crippen LogP contribution >= 0.6 is 0 Å². The summed E-state index contributed by atoms with van der Waals surface area (Å²) in [5, 5.41) is 85.2. The molecule has 0 amide bonds. The van der Waals surface area contributed by atoms with Crippen LogP contribution in [0.3, 0.4) is 0 Å². The molecule has 8 rings (SSSR count). The minimum absolute atomic E-state index is 0.174. The Balaban J connectivity index is 1.19. The zero-order chi connectivity index (χ0) is 59.5. The van der Waals surface area contributed by atoms with Crippen LogP contribution in [0.4, 0.5) is 56.9 Å². The molecule has 8 aromatic rings. The maximum absolute atomic E-state index is 13.0. The standard InChI is InChI=1S/C42H28N12O22S5/c43-34-28(17-30(78(65,66)67)22-11-13-26(39(56)33(22)34)47-45-24-3-1-2-4-29(24)54(60)61)49-48-27-14-10-21-23(40(27)81(74,75)76)16-32(80(71,72)73)35(38(21)55)50-44-18-5-12-25(31(15-18)79(68,69)70)46-51-36-37(42(58)59)52-53(41(36)57)19-6-8-20(9-7-19)77(62,63)64/h1-17,55-57H,43H2,(H,58,59)(H,62,63,64)(H,65,66,67)(H,68,69,70)(H,71,72,73)(H,74,75,76). The number of nitro groups is 1. The fourth-order valence-electron chi connectivity index (χ4n) is 7.43. The van der Waals surface area contributed by atoms with Crippen molar-refractivity contribution in [1.82, 2.24) is 9.78 Å². The Hall–Kier alpha value is -9.71. The first-order chi connectivity index (χ1) is 37.7. The second-order valence-corrected chi connectivity index (χ2v) is 23.0. The molecule has 0 aliphatic heterocycles. The molecule has 0 atom stereocenters. The number of nitro benzene ring substituents is 1. The molecule has 1 heterocycles. The minimum atomic E-state index is -5.65. The average molecular weight is 1210 g/mol. The Kier molecular flexibility index (Phi) is 14.8. The molecule has 0 fully saturated rings. The van der Waals surface area contributed by atoms with Gasteiger partial charge in [0.05, 0.1) is 32.3 Å². The van der Waals surface area contributed by atoms with Crippen molar-refractivity contribution in [2.45, 2.75) is 24.5 Å². The van der Waals surface area contributed by atoms with Gasteiger partial charge in [0.1, 0.15) is 48.0 Å². The molecule has 0 unspecified atom stereocenters. The molecular formula is C42H28N12O22S5. The third-order valence-electron chi connectivity index (χ3n) is 11.0. The van der Waals surface area contributed by atoms with Gasteiger partial charge in [-0.3, -0.25) is 32.9 Å². The first-order valence-electron chi connectivity index (χ1n) is 21.1. The van der Waals surface area contributed by atoms with Gasteiger partial charge < -0.3 is 26.2 Å².